The van der Waals surface area contributed by atoms with Crippen molar-refractivity contribution in [3.8, 4) is 11.5 Å². The van der Waals surface area contributed by atoms with E-state index in [0.717, 1.165) is 16.7 Å². The zero-order valence-electron chi connectivity index (χ0n) is 15.5. The lowest BCUT2D eigenvalue weighted by Crippen LogP contribution is -2.36. The molecule has 0 aliphatic rings. The van der Waals surface area contributed by atoms with E-state index in [2.05, 4.69) is 43.5 Å². The lowest BCUT2D eigenvalue weighted by molar-refractivity contribution is 0.155. The summed E-state index contributed by atoms with van der Waals surface area (Å²) in [5.74, 6) is 1.36. The highest BCUT2D eigenvalue weighted by Gasteiger charge is 2.38. The van der Waals surface area contributed by atoms with E-state index >= 15 is 0 Å². The van der Waals surface area contributed by atoms with Gasteiger partial charge >= 0.3 is 0 Å². The highest BCUT2D eigenvalue weighted by Crippen LogP contribution is 2.41. The molecule has 1 radical (unpaired) electrons. The Kier molecular flexibility index (Phi) is 5.11. The maximum Gasteiger partial charge on any atom is 0.184 e. The van der Waals surface area contributed by atoms with Crippen LogP contribution in [0, 0.1) is 7.11 Å². The van der Waals surface area contributed by atoms with Crippen molar-refractivity contribution in [2.24, 2.45) is 0 Å². The maximum atomic E-state index is 6.80. The third-order valence-electron chi connectivity index (χ3n) is 4.78. The van der Waals surface area contributed by atoms with Crippen LogP contribution in [0.2, 0.25) is 0 Å². The summed E-state index contributed by atoms with van der Waals surface area (Å²) in [4.78, 5) is 0. The molecule has 0 fully saturated rings. The highest BCUT2D eigenvalue weighted by molar-refractivity contribution is 5.49. The Bertz CT molecular complexity index is 915. The van der Waals surface area contributed by atoms with E-state index in [-0.39, 0.29) is 0 Å². The lowest BCUT2D eigenvalue weighted by Gasteiger charge is -2.36. The van der Waals surface area contributed by atoms with Gasteiger partial charge in [0.05, 0.1) is 0 Å². The number of hydrogen-bond acceptors (Lipinski definition) is 2. The summed E-state index contributed by atoms with van der Waals surface area (Å²) in [7, 11) is 3.51. The molecule has 4 rings (SSSR count). The summed E-state index contributed by atoms with van der Waals surface area (Å²) >= 11 is 0. The van der Waals surface area contributed by atoms with Crippen molar-refractivity contribution in [2.75, 3.05) is 0 Å². The van der Waals surface area contributed by atoms with Gasteiger partial charge in [-0.25, -0.2) is 0 Å². The monoisotopic (exact) mass is 365 g/mol. The molecule has 0 N–H and O–H groups in total. The topological polar surface area (TPSA) is 18.5 Å². The Balaban J connectivity index is 1.98. The average Bonchev–Trinajstić information content (AvgIpc) is 2.79. The van der Waals surface area contributed by atoms with Crippen molar-refractivity contribution >= 4 is 0 Å². The maximum absolute atomic E-state index is 6.80. The van der Waals surface area contributed by atoms with Crippen LogP contribution in [-0.4, -0.2) is 0 Å². The summed E-state index contributed by atoms with van der Waals surface area (Å²) in [5, 5.41) is 0. The Morgan fingerprint density at radius 2 is 0.929 bits per heavy atom. The van der Waals surface area contributed by atoms with Crippen LogP contribution in [0.3, 0.4) is 0 Å². The molecular weight excluding hydrogens is 344 g/mol. The molecule has 0 amide bonds. The second kappa shape index (κ2) is 8.01. The Hall–Kier alpha value is -3.52. The number of benzene rings is 4. The molecule has 4 aromatic carbocycles. The van der Waals surface area contributed by atoms with E-state index in [9.17, 15) is 0 Å². The van der Waals surface area contributed by atoms with E-state index in [0.29, 0.717) is 11.5 Å². The second-order valence-corrected chi connectivity index (χ2v) is 6.50. The molecule has 0 unspecified atom stereocenters. The second-order valence-electron chi connectivity index (χ2n) is 6.50. The van der Waals surface area contributed by atoms with Crippen molar-refractivity contribution in [1.82, 2.24) is 0 Å². The molecule has 0 atom stereocenters. The fourth-order valence-electron chi connectivity index (χ4n) is 3.50. The first-order valence-corrected chi connectivity index (χ1v) is 9.20. The minimum absolute atomic E-state index is 0.653. The SMILES string of the molecule is [CH2]Oc1cccc(OC(c2ccccc2)(c2ccccc2)c2ccccc2)c1. The van der Waals surface area contributed by atoms with Gasteiger partial charge in [0, 0.05) is 22.8 Å². The Morgan fingerprint density at radius 1 is 0.500 bits per heavy atom. The summed E-state index contributed by atoms with van der Waals surface area (Å²) in [6.45, 7) is 0. The molecule has 0 saturated heterocycles. The van der Waals surface area contributed by atoms with Crippen molar-refractivity contribution in [1.29, 1.82) is 0 Å². The fourth-order valence-corrected chi connectivity index (χ4v) is 3.50. The normalized spacial score (nSPS) is 11.0. The van der Waals surface area contributed by atoms with Gasteiger partial charge in [0.1, 0.15) is 18.6 Å². The van der Waals surface area contributed by atoms with Crippen LogP contribution in [0.15, 0.2) is 115 Å². The first-order valence-electron chi connectivity index (χ1n) is 9.20. The zero-order chi connectivity index (χ0) is 19.2. The van der Waals surface area contributed by atoms with Crippen LogP contribution in [0.1, 0.15) is 16.7 Å². The Morgan fingerprint density at radius 3 is 1.36 bits per heavy atom. The van der Waals surface area contributed by atoms with Gasteiger partial charge in [-0.2, -0.15) is 0 Å². The van der Waals surface area contributed by atoms with E-state index in [4.69, 9.17) is 9.47 Å². The average molecular weight is 365 g/mol. The van der Waals surface area contributed by atoms with Crippen LogP contribution in [0.4, 0.5) is 0 Å². The third-order valence-corrected chi connectivity index (χ3v) is 4.78. The predicted octanol–water partition coefficient (Wildman–Crippen LogP) is 6.23. The largest absolute Gasteiger partial charge is 0.490 e. The molecule has 0 aliphatic carbocycles. The van der Waals surface area contributed by atoms with Crippen LogP contribution < -0.4 is 9.47 Å². The van der Waals surface area contributed by atoms with Gasteiger partial charge in [0.15, 0.2) is 5.60 Å². The van der Waals surface area contributed by atoms with Crippen LogP contribution in [-0.2, 0) is 5.60 Å². The molecule has 0 aliphatic heterocycles. The molecule has 28 heavy (non-hydrogen) atoms. The van der Waals surface area contributed by atoms with Crippen LogP contribution in [0.25, 0.3) is 0 Å². The number of hydrogen-bond donors (Lipinski definition) is 0. The van der Waals surface area contributed by atoms with Crippen molar-refractivity contribution < 1.29 is 9.47 Å². The lowest BCUT2D eigenvalue weighted by atomic mass is 9.80. The summed E-state index contributed by atoms with van der Waals surface area (Å²) in [6, 6.07) is 38.4. The third kappa shape index (κ3) is 3.37. The highest BCUT2D eigenvalue weighted by atomic mass is 16.5. The summed E-state index contributed by atoms with van der Waals surface area (Å²) in [5.41, 5.74) is 2.35. The van der Waals surface area contributed by atoms with E-state index in [1.165, 1.54) is 0 Å². The van der Waals surface area contributed by atoms with Crippen LogP contribution >= 0.6 is 0 Å². The molecule has 0 spiro atoms. The van der Waals surface area contributed by atoms with Crippen molar-refractivity contribution in [3.63, 3.8) is 0 Å². The molecular formula is C26H21O2. The smallest absolute Gasteiger partial charge is 0.184 e. The quantitative estimate of drug-likeness (QED) is 0.377. The van der Waals surface area contributed by atoms with Gasteiger partial charge < -0.3 is 9.47 Å². The van der Waals surface area contributed by atoms with Crippen molar-refractivity contribution in [3.05, 3.63) is 139 Å². The summed E-state index contributed by atoms with van der Waals surface area (Å²) in [6.07, 6.45) is 0. The molecule has 0 aromatic heterocycles. The number of rotatable bonds is 6. The Labute approximate surface area is 166 Å². The standard InChI is InChI=1S/C26H21O2/c1-27-24-18-11-19-25(20-24)28-26(21-12-5-2-6-13-21,22-14-7-3-8-15-22)23-16-9-4-10-17-23/h2-20H,1H2. The van der Waals surface area contributed by atoms with Gasteiger partial charge in [-0.05, 0) is 12.1 Å². The van der Waals surface area contributed by atoms with Gasteiger partial charge in [0.25, 0.3) is 0 Å². The number of ether oxygens (including phenoxy) is 2. The first-order chi connectivity index (χ1) is 13.8. The first kappa shape index (κ1) is 17.9. The van der Waals surface area contributed by atoms with Crippen LogP contribution in [0.5, 0.6) is 11.5 Å². The van der Waals surface area contributed by atoms with Gasteiger partial charge in [-0.1, -0.05) is 97.1 Å². The van der Waals surface area contributed by atoms with Gasteiger partial charge in [-0.15, -0.1) is 0 Å². The molecule has 0 bridgehead atoms. The molecule has 0 saturated carbocycles. The van der Waals surface area contributed by atoms with E-state index < -0.39 is 5.60 Å². The molecule has 2 heteroatoms. The minimum Gasteiger partial charge on any atom is -0.490 e. The molecule has 4 aromatic rings. The molecule has 137 valence electrons. The zero-order valence-corrected chi connectivity index (χ0v) is 15.5. The predicted molar refractivity (Wildman–Crippen MR) is 112 cm³/mol. The van der Waals surface area contributed by atoms with Crippen molar-refractivity contribution in [2.45, 2.75) is 5.60 Å². The molecule has 0 heterocycles. The van der Waals surface area contributed by atoms with E-state index in [1.54, 1.807) is 0 Å². The van der Waals surface area contributed by atoms with Gasteiger partial charge in [0.2, 0.25) is 0 Å². The minimum atomic E-state index is -0.802. The fraction of sp³-hybridized carbons (Fsp3) is 0.0385. The van der Waals surface area contributed by atoms with Gasteiger partial charge in [-0.3, -0.25) is 0 Å². The molecule has 2 nitrogen and oxygen atoms in total. The van der Waals surface area contributed by atoms with E-state index in [1.807, 2.05) is 78.9 Å². The summed E-state index contributed by atoms with van der Waals surface area (Å²) < 4.78 is 12.0.